The third-order valence-corrected chi connectivity index (χ3v) is 3.95. The van der Waals surface area contributed by atoms with Crippen molar-refractivity contribution in [2.24, 2.45) is 5.10 Å². The molecule has 3 rings (SSSR count). The summed E-state index contributed by atoms with van der Waals surface area (Å²) in [6.45, 7) is 0. The van der Waals surface area contributed by atoms with E-state index in [4.69, 9.17) is 11.6 Å². The van der Waals surface area contributed by atoms with Gasteiger partial charge in [-0.05, 0) is 35.0 Å². The zero-order valence-electron chi connectivity index (χ0n) is 12.7. The van der Waals surface area contributed by atoms with Crippen LogP contribution in [-0.2, 0) is 6.18 Å². The van der Waals surface area contributed by atoms with Crippen molar-refractivity contribution < 1.29 is 18.3 Å². The number of phenolic OH excluding ortho intramolecular Hbond substituents is 1. The highest BCUT2D eigenvalue weighted by Gasteiger charge is 2.30. The topological polar surface area (TPSA) is 44.6 Å². The Kier molecular flexibility index (Phi) is 4.55. The molecule has 0 saturated carbocycles. The molecule has 25 heavy (non-hydrogen) atoms. The Morgan fingerprint density at radius 1 is 1.04 bits per heavy atom. The molecule has 0 heterocycles. The highest BCUT2D eigenvalue weighted by molar-refractivity contribution is 6.33. The van der Waals surface area contributed by atoms with Crippen molar-refractivity contribution in [1.29, 1.82) is 0 Å². The summed E-state index contributed by atoms with van der Waals surface area (Å²) in [6, 6.07) is 13.6. The first-order valence-electron chi connectivity index (χ1n) is 7.23. The van der Waals surface area contributed by atoms with E-state index in [1.54, 1.807) is 6.07 Å². The van der Waals surface area contributed by atoms with Gasteiger partial charge < -0.3 is 5.11 Å². The van der Waals surface area contributed by atoms with Gasteiger partial charge in [-0.1, -0.05) is 41.9 Å². The van der Waals surface area contributed by atoms with Gasteiger partial charge in [0.2, 0.25) is 0 Å². The van der Waals surface area contributed by atoms with Crippen LogP contribution in [0.15, 0.2) is 59.7 Å². The smallest absolute Gasteiger partial charge is 0.416 e. The van der Waals surface area contributed by atoms with Crippen molar-refractivity contribution in [2.75, 3.05) is 5.43 Å². The second-order valence-corrected chi connectivity index (χ2v) is 5.69. The summed E-state index contributed by atoms with van der Waals surface area (Å²) in [5, 5.41) is 15.7. The van der Waals surface area contributed by atoms with Crippen LogP contribution in [0.25, 0.3) is 10.8 Å². The molecule has 0 amide bonds. The molecular formula is C18H12ClF3N2O. The van der Waals surface area contributed by atoms with Gasteiger partial charge in [0.15, 0.2) is 0 Å². The number of aromatic hydroxyl groups is 1. The number of halogens is 4. The van der Waals surface area contributed by atoms with Crippen LogP contribution >= 0.6 is 11.6 Å². The third kappa shape index (κ3) is 3.69. The van der Waals surface area contributed by atoms with Gasteiger partial charge in [0.1, 0.15) is 5.75 Å². The minimum atomic E-state index is -4.47. The van der Waals surface area contributed by atoms with E-state index >= 15 is 0 Å². The summed E-state index contributed by atoms with van der Waals surface area (Å²) in [7, 11) is 0. The third-order valence-electron chi connectivity index (χ3n) is 3.62. The number of hydrogen-bond donors (Lipinski definition) is 2. The minimum Gasteiger partial charge on any atom is -0.507 e. The van der Waals surface area contributed by atoms with Gasteiger partial charge in [-0.2, -0.15) is 18.3 Å². The number of phenols is 1. The largest absolute Gasteiger partial charge is 0.507 e. The molecule has 128 valence electrons. The summed E-state index contributed by atoms with van der Waals surface area (Å²) in [5.74, 6) is 0.0133. The van der Waals surface area contributed by atoms with E-state index in [-0.39, 0.29) is 16.5 Å². The molecule has 3 aromatic rings. The summed E-state index contributed by atoms with van der Waals surface area (Å²) in [4.78, 5) is 0. The van der Waals surface area contributed by atoms with Crippen LogP contribution in [0.4, 0.5) is 18.9 Å². The Hall–Kier alpha value is -2.73. The maximum absolute atomic E-state index is 12.8. The van der Waals surface area contributed by atoms with Crippen LogP contribution in [0.5, 0.6) is 5.75 Å². The maximum atomic E-state index is 12.8. The van der Waals surface area contributed by atoms with Gasteiger partial charge in [0.05, 0.1) is 22.5 Å². The molecule has 0 radical (unpaired) electrons. The molecule has 0 spiro atoms. The molecule has 0 bridgehead atoms. The van der Waals surface area contributed by atoms with Crippen molar-refractivity contribution in [3.05, 3.63) is 70.7 Å². The van der Waals surface area contributed by atoms with Gasteiger partial charge in [0, 0.05) is 5.56 Å². The maximum Gasteiger partial charge on any atom is 0.416 e. The Balaban J connectivity index is 1.91. The fourth-order valence-corrected chi connectivity index (χ4v) is 2.53. The minimum absolute atomic E-state index is 0.0133. The molecule has 3 nitrogen and oxygen atoms in total. The zero-order valence-corrected chi connectivity index (χ0v) is 13.4. The van der Waals surface area contributed by atoms with Crippen LogP contribution in [0.1, 0.15) is 11.1 Å². The van der Waals surface area contributed by atoms with E-state index in [0.717, 1.165) is 29.0 Å². The molecule has 3 aromatic carbocycles. The van der Waals surface area contributed by atoms with Crippen molar-refractivity contribution in [1.82, 2.24) is 0 Å². The second kappa shape index (κ2) is 6.64. The lowest BCUT2D eigenvalue weighted by Crippen LogP contribution is -2.05. The van der Waals surface area contributed by atoms with E-state index in [1.807, 2.05) is 24.3 Å². The Morgan fingerprint density at radius 2 is 1.80 bits per heavy atom. The molecular weight excluding hydrogens is 353 g/mol. The number of nitrogens with zero attached hydrogens (tertiary/aromatic N) is 1. The van der Waals surface area contributed by atoms with Crippen LogP contribution in [-0.4, -0.2) is 11.3 Å². The Labute approximate surface area is 146 Å². The molecule has 0 aliphatic rings. The molecule has 7 heteroatoms. The number of hydrogen-bond acceptors (Lipinski definition) is 3. The van der Waals surface area contributed by atoms with E-state index < -0.39 is 11.7 Å². The van der Waals surface area contributed by atoms with Gasteiger partial charge >= 0.3 is 6.18 Å². The quantitative estimate of drug-likeness (QED) is 0.465. The SMILES string of the molecule is Oc1ccc2ccccc2c1/C=N/Nc1cc(C(F)(F)F)ccc1Cl. The van der Waals surface area contributed by atoms with Gasteiger partial charge in [-0.25, -0.2) is 0 Å². The van der Waals surface area contributed by atoms with Crippen LogP contribution < -0.4 is 5.43 Å². The molecule has 0 aliphatic carbocycles. The molecule has 0 aliphatic heterocycles. The molecule has 0 unspecified atom stereocenters. The number of benzene rings is 3. The highest BCUT2D eigenvalue weighted by atomic mass is 35.5. The zero-order chi connectivity index (χ0) is 18.0. The standard InChI is InChI=1S/C18H12ClF3N2O/c19-15-7-6-12(18(20,21)22)9-16(15)24-23-10-14-13-4-2-1-3-11(13)5-8-17(14)25/h1-10,24-25H/b23-10+. The summed E-state index contributed by atoms with van der Waals surface area (Å²) < 4.78 is 38.3. The van der Waals surface area contributed by atoms with E-state index in [2.05, 4.69) is 10.5 Å². The molecule has 0 fully saturated rings. The average Bonchev–Trinajstić information content (AvgIpc) is 2.57. The molecule has 0 saturated heterocycles. The lowest BCUT2D eigenvalue weighted by atomic mass is 10.0. The molecule has 0 atom stereocenters. The van der Waals surface area contributed by atoms with Crippen LogP contribution in [0.2, 0.25) is 5.02 Å². The number of fused-ring (bicyclic) bond motifs is 1. The number of alkyl halides is 3. The van der Waals surface area contributed by atoms with Crippen LogP contribution in [0.3, 0.4) is 0 Å². The van der Waals surface area contributed by atoms with Crippen molar-refractivity contribution >= 4 is 34.3 Å². The van der Waals surface area contributed by atoms with Crippen LogP contribution in [0, 0.1) is 0 Å². The van der Waals surface area contributed by atoms with E-state index in [9.17, 15) is 18.3 Å². The first-order chi connectivity index (χ1) is 11.9. The predicted molar refractivity (Wildman–Crippen MR) is 93.3 cm³/mol. The van der Waals surface area contributed by atoms with Gasteiger partial charge in [0.25, 0.3) is 0 Å². The summed E-state index contributed by atoms with van der Waals surface area (Å²) in [6.07, 6.45) is -3.13. The highest BCUT2D eigenvalue weighted by Crippen LogP contribution is 2.34. The van der Waals surface area contributed by atoms with Gasteiger partial charge in [-0.3, -0.25) is 5.43 Å². The van der Waals surface area contributed by atoms with Crippen molar-refractivity contribution in [3.63, 3.8) is 0 Å². The van der Waals surface area contributed by atoms with Gasteiger partial charge in [-0.15, -0.1) is 0 Å². The Morgan fingerprint density at radius 3 is 2.56 bits per heavy atom. The average molecular weight is 365 g/mol. The number of nitrogens with one attached hydrogen (secondary N) is 1. The fourth-order valence-electron chi connectivity index (χ4n) is 2.37. The molecule has 0 aromatic heterocycles. The van der Waals surface area contributed by atoms with E-state index in [0.29, 0.717) is 5.56 Å². The normalized spacial score (nSPS) is 12.0. The monoisotopic (exact) mass is 364 g/mol. The number of hydrazone groups is 1. The number of anilines is 1. The fraction of sp³-hybridized carbons (Fsp3) is 0.0556. The van der Waals surface area contributed by atoms with E-state index in [1.165, 1.54) is 12.3 Å². The molecule has 2 N–H and O–H groups in total. The number of rotatable bonds is 3. The first kappa shape index (κ1) is 17.1. The summed E-state index contributed by atoms with van der Waals surface area (Å²) in [5.41, 5.74) is 2.13. The van der Waals surface area contributed by atoms with Crippen molar-refractivity contribution in [2.45, 2.75) is 6.18 Å². The summed E-state index contributed by atoms with van der Waals surface area (Å²) >= 11 is 5.90. The lowest BCUT2D eigenvalue weighted by Gasteiger charge is -2.10. The second-order valence-electron chi connectivity index (χ2n) is 5.28. The first-order valence-corrected chi connectivity index (χ1v) is 7.60. The lowest BCUT2D eigenvalue weighted by molar-refractivity contribution is -0.137. The predicted octanol–water partition coefficient (Wildman–Crippen LogP) is 5.66. The Bertz CT molecular complexity index is 955. The van der Waals surface area contributed by atoms with Crippen molar-refractivity contribution in [3.8, 4) is 5.75 Å².